The standard InChI is InChI=1S/C11H21NOS/c1-8-3-4-10-11(7-8)14(13)9(2)5-6-12-10/h8-12H,3-7H2,1-2H3. The van der Waals surface area contributed by atoms with Crippen LogP contribution in [0.3, 0.4) is 0 Å². The summed E-state index contributed by atoms with van der Waals surface area (Å²) in [6.45, 7) is 5.49. The Kier molecular flexibility index (Phi) is 3.27. The number of hydrogen-bond acceptors (Lipinski definition) is 2. The van der Waals surface area contributed by atoms with Gasteiger partial charge >= 0.3 is 0 Å². The molecule has 2 aliphatic rings. The highest BCUT2D eigenvalue weighted by Crippen LogP contribution is 2.30. The molecule has 1 N–H and O–H groups in total. The van der Waals surface area contributed by atoms with Gasteiger partial charge in [-0.3, -0.25) is 4.21 Å². The van der Waals surface area contributed by atoms with Crippen LogP contribution in [0.5, 0.6) is 0 Å². The van der Waals surface area contributed by atoms with Crippen LogP contribution >= 0.6 is 0 Å². The molecule has 82 valence electrons. The van der Waals surface area contributed by atoms with E-state index in [1.807, 2.05) is 0 Å². The van der Waals surface area contributed by atoms with Crippen molar-refractivity contribution in [2.75, 3.05) is 6.54 Å². The van der Waals surface area contributed by atoms with E-state index in [2.05, 4.69) is 19.2 Å². The van der Waals surface area contributed by atoms with Crippen LogP contribution in [0.15, 0.2) is 0 Å². The van der Waals surface area contributed by atoms with Gasteiger partial charge in [0.15, 0.2) is 0 Å². The van der Waals surface area contributed by atoms with Crippen LogP contribution in [-0.2, 0) is 10.8 Å². The van der Waals surface area contributed by atoms with Gasteiger partial charge in [-0.1, -0.05) is 13.8 Å². The minimum Gasteiger partial charge on any atom is -0.313 e. The minimum absolute atomic E-state index is 0.391. The van der Waals surface area contributed by atoms with Crippen LogP contribution < -0.4 is 5.32 Å². The molecule has 5 unspecified atom stereocenters. The van der Waals surface area contributed by atoms with Crippen LogP contribution in [0.4, 0.5) is 0 Å². The number of hydrogen-bond donors (Lipinski definition) is 1. The lowest BCUT2D eigenvalue weighted by Gasteiger charge is -2.33. The third-order valence-corrected chi connectivity index (χ3v) is 5.85. The highest BCUT2D eigenvalue weighted by Gasteiger charge is 2.36. The lowest BCUT2D eigenvalue weighted by atomic mass is 9.87. The third-order valence-electron chi connectivity index (χ3n) is 3.71. The Hall–Kier alpha value is 0.110. The van der Waals surface area contributed by atoms with Crippen molar-refractivity contribution in [1.29, 1.82) is 0 Å². The smallest absolute Gasteiger partial charge is 0.0506 e. The Balaban J connectivity index is 2.12. The van der Waals surface area contributed by atoms with E-state index in [0.29, 0.717) is 16.5 Å². The number of nitrogens with one attached hydrogen (secondary N) is 1. The lowest BCUT2D eigenvalue weighted by molar-refractivity contribution is 0.318. The summed E-state index contributed by atoms with van der Waals surface area (Å²) >= 11 is 0. The van der Waals surface area contributed by atoms with Crippen molar-refractivity contribution >= 4 is 10.8 Å². The van der Waals surface area contributed by atoms with Gasteiger partial charge in [0.1, 0.15) is 0 Å². The third kappa shape index (κ3) is 2.03. The Morgan fingerprint density at radius 3 is 2.79 bits per heavy atom. The normalized spacial score (nSPS) is 49.4. The van der Waals surface area contributed by atoms with Gasteiger partial charge in [-0.05, 0) is 38.1 Å². The Morgan fingerprint density at radius 2 is 2.00 bits per heavy atom. The van der Waals surface area contributed by atoms with Crippen LogP contribution in [0, 0.1) is 5.92 Å². The molecule has 1 heterocycles. The molecular formula is C11H21NOS. The van der Waals surface area contributed by atoms with Crippen molar-refractivity contribution in [3.05, 3.63) is 0 Å². The minimum atomic E-state index is -0.602. The molecule has 0 amide bonds. The molecule has 0 spiro atoms. The van der Waals surface area contributed by atoms with Gasteiger partial charge < -0.3 is 5.32 Å². The number of fused-ring (bicyclic) bond motifs is 1. The second-order valence-corrected chi connectivity index (χ2v) is 7.01. The second kappa shape index (κ2) is 4.31. The average molecular weight is 215 g/mol. The molecule has 1 saturated heterocycles. The van der Waals surface area contributed by atoms with E-state index in [-0.39, 0.29) is 0 Å². The van der Waals surface area contributed by atoms with E-state index >= 15 is 0 Å². The summed E-state index contributed by atoms with van der Waals surface area (Å²) in [5, 5.41) is 4.39. The zero-order valence-electron chi connectivity index (χ0n) is 9.16. The summed E-state index contributed by atoms with van der Waals surface area (Å²) < 4.78 is 12.2. The van der Waals surface area contributed by atoms with Crippen LogP contribution in [0.2, 0.25) is 0 Å². The van der Waals surface area contributed by atoms with E-state index in [1.54, 1.807) is 0 Å². The van der Waals surface area contributed by atoms with Crippen molar-refractivity contribution in [2.45, 2.75) is 56.1 Å². The van der Waals surface area contributed by atoms with E-state index < -0.39 is 10.8 Å². The van der Waals surface area contributed by atoms with Gasteiger partial charge in [-0.25, -0.2) is 0 Å². The van der Waals surface area contributed by atoms with Crippen molar-refractivity contribution < 1.29 is 4.21 Å². The van der Waals surface area contributed by atoms with Crippen molar-refractivity contribution in [1.82, 2.24) is 5.32 Å². The van der Waals surface area contributed by atoms with E-state index in [9.17, 15) is 4.21 Å². The molecule has 14 heavy (non-hydrogen) atoms. The highest BCUT2D eigenvalue weighted by atomic mass is 32.2. The summed E-state index contributed by atoms with van der Waals surface area (Å²) in [7, 11) is -0.602. The first-order valence-corrected chi connectivity index (χ1v) is 7.09. The predicted molar refractivity (Wildman–Crippen MR) is 60.8 cm³/mol. The monoisotopic (exact) mass is 215 g/mol. The van der Waals surface area contributed by atoms with Crippen LogP contribution in [0.1, 0.15) is 39.5 Å². The second-order valence-electron chi connectivity index (χ2n) is 4.95. The molecular weight excluding hydrogens is 194 g/mol. The van der Waals surface area contributed by atoms with Gasteiger partial charge in [0.2, 0.25) is 0 Å². The molecule has 1 aliphatic heterocycles. The summed E-state index contributed by atoms with van der Waals surface area (Å²) in [6.07, 6.45) is 4.77. The van der Waals surface area contributed by atoms with E-state index in [0.717, 1.165) is 25.3 Å². The lowest BCUT2D eigenvalue weighted by Crippen LogP contribution is -2.44. The average Bonchev–Trinajstić information content (AvgIpc) is 2.30. The van der Waals surface area contributed by atoms with Crippen LogP contribution in [-0.4, -0.2) is 27.3 Å². The summed E-state index contributed by atoms with van der Waals surface area (Å²) in [6, 6.07) is 0.539. The fraction of sp³-hybridized carbons (Fsp3) is 1.00. The van der Waals surface area contributed by atoms with E-state index in [1.165, 1.54) is 12.8 Å². The molecule has 5 atom stereocenters. The zero-order chi connectivity index (χ0) is 10.1. The molecule has 0 bridgehead atoms. The van der Waals surface area contributed by atoms with Gasteiger partial charge in [-0.15, -0.1) is 0 Å². The molecule has 0 aromatic heterocycles. The van der Waals surface area contributed by atoms with Crippen LogP contribution in [0.25, 0.3) is 0 Å². The molecule has 1 aliphatic carbocycles. The summed E-state index contributed by atoms with van der Waals surface area (Å²) in [4.78, 5) is 0. The van der Waals surface area contributed by atoms with Crippen molar-refractivity contribution in [3.63, 3.8) is 0 Å². The molecule has 0 aromatic carbocycles. The van der Waals surface area contributed by atoms with Gasteiger partial charge in [-0.2, -0.15) is 0 Å². The first-order chi connectivity index (χ1) is 6.68. The molecule has 2 nitrogen and oxygen atoms in total. The first-order valence-electron chi connectivity index (χ1n) is 5.81. The quantitative estimate of drug-likeness (QED) is 0.666. The Bertz CT molecular complexity index is 229. The van der Waals surface area contributed by atoms with Gasteiger partial charge in [0.25, 0.3) is 0 Å². The van der Waals surface area contributed by atoms with E-state index in [4.69, 9.17) is 0 Å². The van der Waals surface area contributed by atoms with Gasteiger partial charge in [0.05, 0.1) is 5.25 Å². The maximum absolute atomic E-state index is 12.2. The van der Waals surface area contributed by atoms with Gasteiger partial charge in [0, 0.05) is 22.1 Å². The zero-order valence-corrected chi connectivity index (χ0v) is 9.98. The number of rotatable bonds is 0. The summed E-state index contributed by atoms with van der Waals surface area (Å²) in [5.41, 5.74) is 0. The first kappa shape index (κ1) is 10.6. The molecule has 1 saturated carbocycles. The SMILES string of the molecule is CC1CCC2NCCC(C)S(=O)C2C1. The Labute approximate surface area is 89.3 Å². The maximum atomic E-state index is 12.2. The Morgan fingerprint density at radius 1 is 1.21 bits per heavy atom. The molecule has 2 rings (SSSR count). The van der Waals surface area contributed by atoms with Crippen molar-refractivity contribution in [3.8, 4) is 0 Å². The largest absolute Gasteiger partial charge is 0.313 e. The molecule has 2 fully saturated rings. The maximum Gasteiger partial charge on any atom is 0.0506 e. The van der Waals surface area contributed by atoms with Crippen molar-refractivity contribution in [2.24, 2.45) is 5.92 Å². The highest BCUT2D eigenvalue weighted by molar-refractivity contribution is 7.86. The molecule has 0 radical (unpaired) electrons. The summed E-state index contributed by atoms with van der Waals surface area (Å²) in [5.74, 6) is 0.771. The fourth-order valence-electron chi connectivity index (χ4n) is 2.71. The fourth-order valence-corrected chi connectivity index (χ4v) is 4.73. The molecule has 0 aromatic rings. The topological polar surface area (TPSA) is 29.1 Å². The predicted octanol–water partition coefficient (Wildman–Crippen LogP) is 1.67. The molecule has 3 heteroatoms.